The normalized spacial score (nSPS) is 12.1. The van der Waals surface area contributed by atoms with Gasteiger partial charge in [-0.05, 0) is 84.9 Å². The zero-order chi connectivity index (χ0) is 29.4. The molecule has 42 heavy (non-hydrogen) atoms. The zero-order valence-corrected chi connectivity index (χ0v) is 28.5. The molecule has 17 heteroatoms. The predicted octanol–water partition coefficient (Wildman–Crippen LogP) is -1.88. The van der Waals surface area contributed by atoms with Crippen molar-refractivity contribution in [1.82, 2.24) is 0 Å². The molecule has 0 atom stereocenters. The standard InChI is InChI=1S/C25H18ClN3O9S2.2Na/c1-13(30)27-20-12-19(39(33,34)35)10-16-11-21(40(36,37)38)23(25(32)22(16)20)29-28-18-8-4-15(5-9-18)24(31)14-2-6-17(26)7-3-14;;/h2-12,32H,1H3,(H,27,30)(H,33,34,35)(H,36,37,38);;/q;2*+1/p-2. The number of carbonyl (C=O) groups is 1. The van der Waals surface area contributed by atoms with Gasteiger partial charge >= 0.3 is 59.1 Å². The minimum absolute atomic E-state index is 0. The Kier molecular flexibility index (Phi) is 12.0. The maximum atomic E-state index is 13.3. The molecule has 0 unspecified atom stereocenters. The molecular formula is C25H16ClN3Na2O9S2. The monoisotopic (exact) mass is 647 g/mol. The van der Waals surface area contributed by atoms with Crippen molar-refractivity contribution in [3.8, 4) is 5.75 Å². The number of hydrogen-bond donors (Lipinski definition) is 2. The molecule has 0 radical (unpaired) electrons. The Bertz CT molecular complexity index is 1950. The summed E-state index contributed by atoms with van der Waals surface area (Å²) in [6, 6.07) is 14.1. The van der Waals surface area contributed by atoms with E-state index in [1.165, 1.54) is 24.3 Å². The molecular weight excluding hydrogens is 632 g/mol. The molecule has 0 fully saturated rings. The topological polar surface area (TPSA) is 209 Å². The number of halogens is 1. The Morgan fingerprint density at radius 2 is 1.38 bits per heavy atom. The first-order chi connectivity index (χ1) is 18.6. The number of aliphatic imine (C=N–C) groups is 1. The molecule has 206 valence electrons. The van der Waals surface area contributed by atoms with Gasteiger partial charge < -0.3 is 10.2 Å². The maximum Gasteiger partial charge on any atom is 1.00 e. The molecule has 0 aliphatic carbocycles. The van der Waals surface area contributed by atoms with Crippen LogP contribution in [0.1, 0.15) is 22.8 Å². The van der Waals surface area contributed by atoms with Crippen LogP contribution in [0.4, 0.5) is 17.1 Å². The third-order valence-electron chi connectivity index (χ3n) is 5.44. The second-order valence-electron chi connectivity index (χ2n) is 8.26. The Hall–Kier alpha value is -2.21. The van der Waals surface area contributed by atoms with Crippen LogP contribution in [0.3, 0.4) is 0 Å². The third kappa shape index (κ3) is 8.24. The van der Waals surface area contributed by atoms with Crippen molar-refractivity contribution in [2.24, 2.45) is 15.2 Å². The third-order valence-corrected chi connectivity index (χ3v) is 7.39. The largest absolute Gasteiger partial charge is 1.00 e. The molecule has 0 aliphatic heterocycles. The molecule has 0 aromatic heterocycles. The Morgan fingerprint density at radius 1 is 0.833 bits per heavy atom. The number of nitrogens with zero attached hydrogens (tertiary/aromatic N) is 3. The molecule has 4 rings (SSSR count). The van der Waals surface area contributed by atoms with Crippen LogP contribution in [-0.2, 0) is 20.2 Å². The minimum atomic E-state index is -5.11. The number of rotatable bonds is 7. The van der Waals surface area contributed by atoms with E-state index in [0.29, 0.717) is 16.1 Å². The van der Waals surface area contributed by atoms with Crippen LogP contribution in [0, 0.1) is 0 Å². The van der Waals surface area contributed by atoms with Gasteiger partial charge in [-0.1, -0.05) is 17.4 Å². The second kappa shape index (κ2) is 14.1. The summed E-state index contributed by atoms with van der Waals surface area (Å²) in [5, 5.41) is 32.2. The molecule has 0 aliphatic rings. The quantitative estimate of drug-likeness (QED) is 0.0574. The van der Waals surface area contributed by atoms with Crippen molar-refractivity contribution in [1.29, 1.82) is 0 Å². The van der Waals surface area contributed by atoms with Gasteiger partial charge in [0.15, 0.2) is 5.78 Å². The van der Waals surface area contributed by atoms with E-state index in [-0.39, 0.29) is 76.0 Å². The van der Waals surface area contributed by atoms with E-state index in [9.17, 15) is 40.9 Å². The van der Waals surface area contributed by atoms with E-state index in [1.807, 2.05) is 0 Å². The van der Waals surface area contributed by atoms with Gasteiger partial charge in [0, 0.05) is 21.5 Å². The van der Waals surface area contributed by atoms with E-state index < -0.39 is 58.4 Å². The first-order valence-electron chi connectivity index (χ1n) is 11.0. The van der Waals surface area contributed by atoms with Gasteiger partial charge in [-0.3, -0.25) is 18.9 Å². The van der Waals surface area contributed by atoms with E-state index in [4.69, 9.17) is 11.6 Å². The van der Waals surface area contributed by atoms with Gasteiger partial charge in [-0.2, -0.15) is 21.9 Å². The summed E-state index contributed by atoms with van der Waals surface area (Å²) in [4.78, 5) is 14.5. The second-order valence-corrected chi connectivity index (χ2v) is 11.5. The summed E-state index contributed by atoms with van der Waals surface area (Å²) in [6.45, 7) is 1.02. The number of carbonyl (C=O) groups excluding carboxylic acids is 1. The van der Waals surface area contributed by atoms with Crippen LogP contribution in [0.25, 0.3) is 10.8 Å². The molecule has 0 saturated carbocycles. The molecule has 0 spiro atoms. The molecule has 4 aromatic carbocycles. The first kappa shape index (κ1) is 36.0. The van der Waals surface area contributed by atoms with Crippen LogP contribution in [0.15, 0.2) is 91.7 Å². The fraction of sp³-hybridized carbons (Fsp3) is 0.0400. The molecule has 12 nitrogen and oxygen atoms in total. The fourth-order valence-corrected chi connectivity index (χ4v) is 4.99. The van der Waals surface area contributed by atoms with Gasteiger partial charge in [0.2, 0.25) is 0 Å². The maximum absolute atomic E-state index is 13.3. The van der Waals surface area contributed by atoms with Crippen molar-refractivity contribution in [2.45, 2.75) is 16.7 Å². The molecule has 0 bridgehead atoms. The predicted molar refractivity (Wildman–Crippen MR) is 141 cm³/mol. The number of ketones is 1. The van der Waals surface area contributed by atoms with Crippen molar-refractivity contribution >= 4 is 71.4 Å². The van der Waals surface area contributed by atoms with E-state index >= 15 is 0 Å². The number of fused-ring (bicyclic) bond motifs is 1. The van der Waals surface area contributed by atoms with Crippen molar-refractivity contribution in [3.63, 3.8) is 0 Å². The van der Waals surface area contributed by atoms with Crippen molar-refractivity contribution in [3.05, 3.63) is 82.9 Å². The smallest absolute Gasteiger partial charge is 0.870 e. The summed E-state index contributed by atoms with van der Waals surface area (Å²) in [6.07, 6.45) is 0. The minimum Gasteiger partial charge on any atom is -0.870 e. The van der Waals surface area contributed by atoms with E-state index in [1.54, 1.807) is 24.3 Å². The number of azo groups is 1. The van der Waals surface area contributed by atoms with Gasteiger partial charge in [-0.25, -0.2) is 0 Å². The summed E-state index contributed by atoms with van der Waals surface area (Å²) in [7, 11) is -9.96. The Labute approximate surface area is 289 Å². The average Bonchev–Trinajstić information content (AvgIpc) is 2.86. The summed E-state index contributed by atoms with van der Waals surface area (Å²) in [5.41, 5.74) is -0.557. The SMILES string of the molecule is CC([O-])=Nc1cc(S(=O)(=O)O)cc2cc(S(=O)(=O)O)c(N=Nc3ccc(C(=O)c4ccc(Cl)cc4)cc3)c([O-])c12.[Na+].[Na+]. The van der Waals surface area contributed by atoms with Gasteiger partial charge in [0.05, 0.1) is 22.0 Å². The van der Waals surface area contributed by atoms with Gasteiger partial charge in [0.25, 0.3) is 20.2 Å². The fourth-order valence-electron chi connectivity index (χ4n) is 3.68. The van der Waals surface area contributed by atoms with Crippen LogP contribution in [0.5, 0.6) is 5.75 Å². The van der Waals surface area contributed by atoms with Crippen LogP contribution in [-0.4, -0.2) is 37.6 Å². The van der Waals surface area contributed by atoms with E-state index in [0.717, 1.165) is 25.1 Å². The number of benzene rings is 4. The Morgan fingerprint density at radius 3 is 1.88 bits per heavy atom. The van der Waals surface area contributed by atoms with Crippen molar-refractivity contribution in [2.75, 3.05) is 0 Å². The van der Waals surface area contributed by atoms with Crippen LogP contribution >= 0.6 is 11.6 Å². The van der Waals surface area contributed by atoms with Crippen LogP contribution < -0.4 is 69.3 Å². The Balaban J connectivity index is 0.00000308. The van der Waals surface area contributed by atoms with Gasteiger partial charge in [-0.15, -0.1) is 5.11 Å². The summed E-state index contributed by atoms with van der Waals surface area (Å²) >= 11 is 5.84. The summed E-state index contributed by atoms with van der Waals surface area (Å²) in [5.74, 6) is -2.29. The molecule has 0 heterocycles. The number of hydrogen-bond acceptors (Lipinski definition) is 10. The molecule has 4 aromatic rings. The zero-order valence-electron chi connectivity index (χ0n) is 22.1. The molecule has 2 N–H and O–H groups in total. The van der Waals surface area contributed by atoms with Crippen molar-refractivity contribution < 1.29 is 100 Å². The first-order valence-corrected chi connectivity index (χ1v) is 14.2. The average molecular weight is 648 g/mol. The summed E-state index contributed by atoms with van der Waals surface area (Å²) < 4.78 is 66.8. The molecule has 0 amide bonds. The van der Waals surface area contributed by atoms with E-state index in [2.05, 4.69) is 15.2 Å². The van der Waals surface area contributed by atoms with Crippen LogP contribution in [0.2, 0.25) is 5.02 Å². The van der Waals surface area contributed by atoms with Gasteiger partial charge in [0.1, 0.15) is 4.90 Å². The molecule has 0 saturated heterocycles.